The zero-order chi connectivity index (χ0) is 24.4. The molecule has 31 heavy (non-hydrogen) atoms. The van der Waals surface area contributed by atoms with Gasteiger partial charge in [0.25, 0.3) is 0 Å². The van der Waals surface area contributed by atoms with Gasteiger partial charge in [-0.05, 0) is 43.0 Å². The minimum absolute atomic E-state index is 0.0526. The molecule has 0 aromatic carbocycles. The fraction of sp³-hybridized carbons (Fsp3) is 0.391. The SMILES string of the molecule is C#C.CC.CC(C)C[C@@H](CC(=N)N=N)C(=O)O.Cc1ccc(-c2ccnc(N)c2)nc1. The number of aromatic nitrogens is 2. The first-order valence-electron chi connectivity index (χ1n) is 9.88. The van der Waals surface area contributed by atoms with Crippen molar-refractivity contribution in [3.63, 3.8) is 0 Å². The molecule has 8 nitrogen and oxygen atoms in total. The van der Waals surface area contributed by atoms with Crippen molar-refractivity contribution in [2.24, 2.45) is 17.0 Å². The molecule has 0 fully saturated rings. The molecule has 0 amide bonds. The van der Waals surface area contributed by atoms with Crippen LogP contribution in [0.3, 0.4) is 0 Å². The highest BCUT2D eigenvalue weighted by Crippen LogP contribution is 2.18. The number of nitrogens with two attached hydrogens (primary N) is 1. The van der Waals surface area contributed by atoms with Gasteiger partial charge in [-0.2, -0.15) is 0 Å². The minimum atomic E-state index is -0.915. The summed E-state index contributed by atoms with van der Waals surface area (Å²) in [6, 6.07) is 7.72. The van der Waals surface area contributed by atoms with Crippen LogP contribution in [0.25, 0.3) is 11.3 Å². The van der Waals surface area contributed by atoms with E-state index in [2.05, 4.69) is 27.9 Å². The molecule has 2 aromatic heterocycles. The average Bonchev–Trinajstić information content (AvgIpc) is 2.76. The van der Waals surface area contributed by atoms with Crippen LogP contribution in [0.4, 0.5) is 5.82 Å². The molecule has 0 spiro atoms. The topological polar surface area (TPSA) is 149 Å². The summed E-state index contributed by atoms with van der Waals surface area (Å²) < 4.78 is 0. The largest absolute Gasteiger partial charge is 0.481 e. The van der Waals surface area contributed by atoms with Crippen LogP contribution in [0.1, 0.15) is 46.1 Å². The van der Waals surface area contributed by atoms with Gasteiger partial charge in [-0.1, -0.05) is 33.8 Å². The van der Waals surface area contributed by atoms with Gasteiger partial charge in [0.2, 0.25) is 0 Å². The Balaban J connectivity index is 0. The van der Waals surface area contributed by atoms with Crippen LogP contribution < -0.4 is 5.73 Å². The van der Waals surface area contributed by atoms with Crippen molar-refractivity contribution >= 4 is 17.6 Å². The summed E-state index contributed by atoms with van der Waals surface area (Å²) in [5.41, 5.74) is 15.2. The van der Waals surface area contributed by atoms with E-state index in [-0.39, 0.29) is 18.2 Å². The number of carboxylic acid groups (broad SMARTS) is 1. The van der Waals surface area contributed by atoms with Crippen molar-refractivity contribution < 1.29 is 9.90 Å². The number of terminal acetylenes is 1. The molecule has 8 heteroatoms. The third kappa shape index (κ3) is 13.3. The van der Waals surface area contributed by atoms with Gasteiger partial charge in [0, 0.05) is 24.4 Å². The van der Waals surface area contributed by atoms with Crippen molar-refractivity contribution in [1.29, 1.82) is 10.9 Å². The Morgan fingerprint density at radius 2 is 1.84 bits per heavy atom. The quantitative estimate of drug-likeness (QED) is 0.210. The second-order valence-electron chi connectivity index (χ2n) is 6.62. The smallest absolute Gasteiger partial charge is 0.306 e. The van der Waals surface area contributed by atoms with Gasteiger partial charge in [-0.25, -0.2) is 10.5 Å². The van der Waals surface area contributed by atoms with E-state index in [4.69, 9.17) is 21.8 Å². The predicted octanol–water partition coefficient (Wildman–Crippen LogP) is 5.44. The lowest BCUT2D eigenvalue weighted by Crippen LogP contribution is -2.18. The lowest BCUT2D eigenvalue weighted by atomic mass is 9.94. The number of nitrogens with one attached hydrogen (secondary N) is 2. The molecular weight excluding hydrogens is 392 g/mol. The molecule has 2 heterocycles. The van der Waals surface area contributed by atoms with Gasteiger partial charge in [0.15, 0.2) is 0 Å². The summed E-state index contributed by atoms with van der Waals surface area (Å²) in [4.78, 5) is 18.9. The van der Waals surface area contributed by atoms with E-state index < -0.39 is 11.9 Å². The summed E-state index contributed by atoms with van der Waals surface area (Å²) >= 11 is 0. The predicted molar refractivity (Wildman–Crippen MR) is 126 cm³/mol. The fourth-order valence-corrected chi connectivity index (χ4v) is 2.37. The number of aryl methyl sites for hydroxylation is 1. The number of nitrogens with zero attached hydrogens (tertiary/aromatic N) is 3. The van der Waals surface area contributed by atoms with E-state index in [0.717, 1.165) is 16.8 Å². The van der Waals surface area contributed by atoms with Gasteiger partial charge in [0.1, 0.15) is 11.7 Å². The number of anilines is 1. The second-order valence-corrected chi connectivity index (χ2v) is 6.62. The molecule has 0 saturated carbocycles. The standard InChI is InChI=1S/C11H11N3.C8H15N3O2.C2H6.C2H2/c1-8-2-3-10(14-7-8)9-4-5-13-11(12)6-9;1-5(2)3-6(8(12)13)4-7(9)11-10;2*1-2/h2-7H,1H3,(H2,12,13);5-6,9-10H,3-4H2,1-2H3,(H,12,13);1-2H3;1-2H/t;6-;;/m.0../s1. The van der Waals surface area contributed by atoms with Gasteiger partial charge in [-0.15, -0.1) is 18.0 Å². The van der Waals surface area contributed by atoms with E-state index in [0.29, 0.717) is 12.2 Å². The van der Waals surface area contributed by atoms with Gasteiger partial charge >= 0.3 is 5.97 Å². The molecule has 0 aliphatic heterocycles. The highest BCUT2D eigenvalue weighted by molar-refractivity contribution is 5.84. The highest BCUT2D eigenvalue weighted by atomic mass is 16.4. The van der Waals surface area contributed by atoms with Crippen LogP contribution in [0.15, 0.2) is 41.8 Å². The molecule has 1 atom stereocenters. The van der Waals surface area contributed by atoms with Crippen LogP contribution in [0.5, 0.6) is 0 Å². The lowest BCUT2D eigenvalue weighted by Gasteiger charge is -2.12. The number of aliphatic carboxylic acids is 1. The zero-order valence-electron chi connectivity index (χ0n) is 19.0. The van der Waals surface area contributed by atoms with Gasteiger partial charge < -0.3 is 10.8 Å². The van der Waals surface area contributed by atoms with Gasteiger partial charge in [-0.3, -0.25) is 15.2 Å². The number of nitrogen functional groups attached to an aromatic ring is 1. The Morgan fingerprint density at radius 1 is 1.23 bits per heavy atom. The monoisotopic (exact) mass is 426 g/mol. The Hall–Kier alpha value is -3.60. The van der Waals surface area contributed by atoms with Gasteiger partial charge in [0.05, 0.1) is 11.6 Å². The number of rotatable bonds is 6. The van der Waals surface area contributed by atoms with Crippen molar-refractivity contribution in [3.05, 3.63) is 42.2 Å². The van der Waals surface area contributed by atoms with Crippen molar-refractivity contribution in [2.45, 2.75) is 47.5 Å². The molecule has 2 rings (SSSR count). The number of pyridine rings is 2. The molecule has 168 valence electrons. The van der Waals surface area contributed by atoms with E-state index >= 15 is 0 Å². The first-order chi connectivity index (χ1) is 14.7. The first kappa shape index (κ1) is 29.6. The van der Waals surface area contributed by atoms with Crippen LogP contribution in [0, 0.1) is 42.5 Å². The maximum atomic E-state index is 10.7. The summed E-state index contributed by atoms with van der Waals surface area (Å²) in [5, 5.41) is 18.7. The Bertz CT molecular complexity index is 816. The first-order valence-corrected chi connectivity index (χ1v) is 9.88. The molecule has 0 radical (unpaired) electrons. The normalized spacial score (nSPS) is 10.1. The summed E-state index contributed by atoms with van der Waals surface area (Å²) in [5.74, 6) is -0.874. The fourth-order valence-electron chi connectivity index (χ4n) is 2.37. The van der Waals surface area contributed by atoms with Crippen molar-refractivity contribution in [3.8, 4) is 24.1 Å². The Kier molecular flexibility index (Phi) is 16.5. The summed E-state index contributed by atoms with van der Waals surface area (Å²) in [6.07, 6.45) is 12.1. The van der Waals surface area contributed by atoms with E-state index in [9.17, 15) is 4.79 Å². The molecule has 0 saturated heterocycles. The average molecular weight is 427 g/mol. The number of carboxylic acids is 1. The number of hydrogen-bond donors (Lipinski definition) is 4. The minimum Gasteiger partial charge on any atom is -0.481 e. The Labute approximate surface area is 185 Å². The highest BCUT2D eigenvalue weighted by Gasteiger charge is 2.20. The molecule has 0 bridgehead atoms. The van der Waals surface area contributed by atoms with Crippen LogP contribution in [-0.4, -0.2) is 26.9 Å². The molecule has 5 N–H and O–H groups in total. The maximum absolute atomic E-state index is 10.7. The second kappa shape index (κ2) is 17.3. The van der Waals surface area contributed by atoms with E-state index in [1.54, 1.807) is 6.20 Å². The van der Waals surface area contributed by atoms with Crippen molar-refractivity contribution in [2.75, 3.05) is 5.73 Å². The molecule has 0 unspecified atom stereocenters. The molecule has 2 aromatic rings. The van der Waals surface area contributed by atoms with E-state index in [1.165, 1.54) is 0 Å². The third-order valence-electron chi connectivity index (χ3n) is 3.67. The van der Waals surface area contributed by atoms with E-state index in [1.807, 2.05) is 65.1 Å². The van der Waals surface area contributed by atoms with Crippen LogP contribution in [-0.2, 0) is 4.79 Å². The number of amidine groups is 1. The molecule has 0 aliphatic carbocycles. The Morgan fingerprint density at radius 3 is 2.26 bits per heavy atom. The maximum Gasteiger partial charge on any atom is 0.306 e. The third-order valence-corrected chi connectivity index (χ3v) is 3.67. The number of hydrogen-bond acceptors (Lipinski definition) is 6. The van der Waals surface area contributed by atoms with Crippen LogP contribution in [0.2, 0.25) is 0 Å². The van der Waals surface area contributed by atoms with Crippen LogP contribution >= 0.6 is 0 Å². The molecular formula is C23H34N6O2. The lowest BCUT2D eigenvalue weighted by molar-refractivity contribution is -0.142. The molecule has 0 aliphatic rings. The summed E-state index contributed by atoms with van der Waals surface area (Å²) in [6.45, 7) is 9.87. The zero-order valence-corrected chi connectivity index (χ0v) is 19.0. The van der Waals surface area contributed by atoms with Crippen molar-refractivity contribution in [1.82, 2.24) is 9.97 Å². The summed E-state index contributed by atoms with van der Waals surface area (Å²) in [7, 11) is 0. The number of carbonyl (C=O) groups is 1.